The fourth-order valence-corrected chi connectivity index (χ4v) is 2.86. The first-order valence-corrected chi connectivity index (χ1v) is 9.55. The first-order valence-electron chi connectivity index (χ1n) is 9.18. The number of halogens is 1. The third-order valence-electron chi connectivity index (χ3n) is 4.20. The van der Waals surface area contributed by atoms with Gasteiger partial charge in [0.25, 0.3) is 0 Å². The number of hydrogen-bond donors (Lipinski definition) is 2. The van der Waals surface area contributed by atoms with Crippen LogP contribution in [0.3, 0.4) is 0 Å². The fraction of sp³-hybridized carbons (Fsp3) is 0.130. The molecule has 0 aliphatic rings. The minimum Gasteiger partial charge on any atom is -0.459 e. The van der Waals surface area contributed by atoms with E-state index in [0.29, 0.717) is 17.1 Å². The third kappa shape index (κ3) is 6.66. The van der Waals surface area contributed by atoms with Gasteiger partial charge in [-0.2, -0.15) is 0 Å². The van der Waals surface area contributed by atoms with E-state index in [9.17, 15) is 9.59 Å². The molecule has 2 amide bonds. The molecule has 0 aliphatic heterocycles. The molecule has 0 spiro atoms. The Morgan fingerprint density at radius 1 is 0.828 bits per heavy atom. The Balaban J connectivity index is 1.65. The number of amides is 2. The average Bonchev–Trinajstić information content (AvgIpc) is 2.74. The molecule has 0 saturated carbocycles. The standard InChI is InChI=1S/C23H21ClN2O3/c24-19-11-13-20(14-12-19)25-23(28)26-21(15-17-7-3-1-4-8-17)22(27)29-16-18-9-5-2-6-10-18/h1-14,21H,15-16H2,(H2,25,26,28). The predicted molar refractivity (Wildman–Crippen MR) is 114 cm³/mol. The number of nitrogens with one attached hydrogen (secondary N) is 2. The van der Waals surface area contributed by atoms with Crippen molar-refractivity contribution in [3.63, 3.8) is 0 Å². The van der Waals surface area contributed by atoms with E-state index in [4.69, 9.17) is 16.3 Å². The van der Waals surface area contributed by atoms with E-state index in [0.717, 1.165) is 11.1 Å². The average molecular weight is 409 g/mol. The summed E-state index contributed by atoms with van der Waals surface area (Å²) in [6, 6.07) is 24.3. The second kappa shape index (κ2) is 10.3. The summed E-state index contributed by atoms with van der Waals surface area (Å²) in [7, 11) is 0. The minimum absolute atomic E-state index is 0.144. The lowest BCUT2D eigenvalue weighted by Crippen LogP contribution is -2.45. The van der Waals surface area contributed by atoms with Gasteiger partial charge in [-0.05, 0) is 35.4 Å². The van der Waals surface area contributed by atoms with Gasteiger partial charge in [-0.15, -0.1) is 0 Å². The van der Waals surface area contributed by atoms with Crippen LogP contribution in [0.15, 0.2) is 84.9 Å². The summed E-state index contributed by atoms with van der Waals surface area (Å²) in [4.78, 5) is 25.1. The van der Waals surface area contributed by atoms with E-state index in [1.54, 1.807) is 24.3 Å². The van der Waals surface area contributed by atoms with Crippen molar-refractivity contribution in [3.8, 4) is 0 Å². The van der Waals surface area contributed by atoms with Gasteiger partial charge in [-0.3, -0.25) is 0 Å². The van der Waals surface area contributed by atoms with Crippen LogP contribution in [-0.2, 0) is 22.6 Å². The Labute approximate surface area is 174 Å². The molecular formula is C23H21ClN2O3. The minimum atomic E-state index is -0.826. The number of ether oxygens (including phenoxy) is 1. The van der Waals surface area contributed by atoms with Crippen molar-refractivity contribution in [3.05, 3.63) is 101 Å². The Morgan fingerprint density at radius 2 is 1.41 bits per heavy atom. The molecule has 1 unspecified atom stereocenters. The Bertz CT molecular complexity index is 931. The first kappa shape index (κ1) is 20.4. The molecule has 1 atom stereocenters. The lowest BCUT2D eigenvalue weighted by atomic mass is 10.1. The van der Waals surface area contributed by atoms with Crippen molar-refractivity contribution in [1.29, 1.82) is 0 Å². The van der Waals surface area contributed by atoms with E-state index in [1.165, 1.54) is 0 Å². The van der Waals surface area contributed by atoms with Gasteiger partial charge in [0, 0.05) is 17.1 Å². The zero-order valence-corrected chi connectivity index (χ0v) is 16.4. The predicted octanol–water partition coefficient (Wildman–Crippen LogP) is 4.82. The number of benzene rings is 3. The second-order valence-corrected chi connectivity index (χ2v) is 6.88. The molecule has 0 radical (unpaired) electrons. The molecule has 3 aromatic rings. The summed E-state index contributed by atoms with van der Waals surface area (Å²) in [5.74, 6) is -0.496. The van der Waals surface area contributed by atoms with Crippen LogP contribution in [0.1, 0.15) is 11.1 Å². The molecule has 0 aliphatic carbocycles. The van der Waals surface area contributed by atoms with E-state index in [2.05, 4.69) is 10.6 Å². The number of hydrogen-bond acceptors (Lipinski definition) is 3. The van der Waals surface area contributed by atoms with Gasteiger partial charge in [-0.1, -0.05) is 72.3 Å². The molecule has 0 aromatic heterocycles. The van der Waals surface area contributed by atoms with Gasteiger partial charge in [0.1, 0.15) is 12.6 Å². The zero-order valence-electron chi connectivity index (χ0n) is 15.7. The lowest BCUT2D eigenvalue weighted by Gasteiger charge is -2.18. The molecule has 2 N–H and O–H groups in total. The van der Waals surface area contributed by atoms with Crippen molar-refractivity contribution < 1.29 is 14.3 Å². The molecule has 0 bridgehead atoms. The van der Waals surface area contributed by atoms with E-state index < -0.39 is 18.0 Å². The molecule has 148 valence electrons. The van der Waals surface area contributed by atoms with Crippen LogP contribution >= 0.6 is 11.6 Å². The molecule has 5 nitrogen and oxygen atoms in total. The smallest absolute Gasteiger partial charge is 0.329 e. The van der Waals surface area contributed by atoms with E-state index in [-0.39, 0.29) is 6.61 Å². The van der Waals surface area contributed by atoms with Gasteiger partial charge in [0.2, 0.25) is 0 Å². The molecule has 0 saturated heterocycles. The summed E-state index contributed by atoms with van der Waals surface area (Å²) in [5.41, 5.74) is 2.37. The van der Waals surface area contributed by atoms with Crippen LogP contribution in [0.5, 0.6) is 0 Å². The highest BCUT2D eigenvalue weighted by Gasteiger charge is 2.23. The molecule has 3 rings (SSSR count). The van der Waals surface area contributed by atoms with Gasteiger partial charge in [-0.25, -0.2) is 9.59 Å². The normalized spacial score (nSPS) is 11.3. The molecule has 6 heteroatoms. The first-order chi connectivity index (χ1) is 14.1. The van der Waals surface area contributed by atoms with Crippen molar-refractivity contribution in [2.45, 2.75) is 19.1 Å². The van der Waals surface area contributed by atoms with Crippen LogP contribution < -0.4 is 10.6 Å². The van der Waals surface area contributed by atoms with E-state index >= 15 is 0 Å². The fourth-order valence-electron chi connectivity index (χ4n) is 2.73. The van der Waals surface area contributed by atoms with Gasteiger partial charge in [0.05, 0.1) is 0 Å². The maximum atomic E-state index is 12.7. The zero-order chi connectivity index (χ0) is 20.5. The quantitative estimate of drug-likeness (QED) is 0.551. The summed E-state index contributed by atoms with van der Waals surface area (Å²) in [6.45, 7) is 0.144. The number of urea groups is 1. The van der Waals surface area contributed by atoms with Crippen molar-refractivity contribution >= 4 is 29.3 Å². The molecular weight excluding hydrogens is 388 g/mol. The summed E-state index contributed by atoms with van der Waals surface area (Å²) in [5, 5.41) is 5.98. The molecule has 3 aromatic carbocycles. The number of anilines is 1. The largest absolute Gasteiger partial charge is 0.459 e. The maximum Gasteiger partial charge on any atom is 0.329 e. The monoisotopic (exact) mass is 408 g/mol. The number of rotatable bonds is 7. The summed E-state index contributed by atoms with van der Waals surface area (Å²) in [6.07, 6.45) is 0.322. The Kier molecular flexibility index (Phi) is 7.25. The third-order valence-corrected chi connectivity index (χ3v) is 4.45. The van der Waals surface area contributed by atoms with E-state index in [1.807, 2.05) is 60.7 Å². The highest BCUT2D eigenvalue weighted by Crippen LogP contribution is 2.13. The number of carbonyl (C=O) groups is 2. The molecule has 0 heterocycles. The lowest BCUT2D eigenvalue weighted by molar-refractivity contribution is -0.147. The molecule has 0 fully saturated rings. The number of carbonyl (C=O) groups excluding carboxylic acids is 2. The van der Waals surface area contributed by atoms with Gasteiger partial charge >= 0.3 is 12.0 Å². The highest BCUT2D eigenvalue weighted by atomic mass is 35.5. The van der Waals surface area contributed by atoms with Crippen LogP contribution in [0.25, 0.3) is 0 Å². The van der Waals surface area contributed by atoms with Crippen LogP contribution in [0, 0.1) is 0 Å². The Hall–Kier alpha value is -3.31. The highest BCUT2D eigenvalue weighted by molar-refractivity contribution is 6.30. The van der Waals surface area contributed by atoms with Crippen molar-refractivity contribution in [2.75, 3.05) is 5.32 Å². The van der Waals surface area contributed by atoms with Crippen LogP contribution in [0.4, 0.5) is 10.5 Å². The summed E-state index contributed by atoms with van der Waals surface area (Å²) < 4.78 is 5.43. The van der Waals surface area contributed by atoms with Gasteiger partial charge < -0.3 is 15.4 Å². The van der Waals surface area contributed by atoms with Crippen LogP contribution in [0.2, 0.25) is 5.02 Å². The topological polar surface area (TPSA) is 67.4 Å². The molecule has 29 heavy (non-hydrogen) atoms. The SMILES string of the molecule is O=C(Nc1ccc(Cl)cc1)NC(Cc1ccccc1)C(=O)OCc1ccccc1. The van der Waals surface area contributed by atoms with Crippen molar-refractivity contribution in [1.82, 2.24) is 5.32 Å². The second-order valence-electron chi connectivity index (χ2n) is 6.44. The number of esters is 1. The van der Waals surface area contributed by atoms with Gasteiger partial charge in [0.15, 0.2) is 0 Å². The van der Waals surface area contributed by atoms with Crippen LogP contribution in [-0.4, -0.2) is 18.0 Å². The Morgan fingerprint density at radius 3 is 2.03 bits per heavy atom. The summed E-state index contributed by atoms with van der Waals surface area (Å²) >= 11 is 5.86. The van der Waals surface area contributed by atoms with Crippen molar-refractivity contribution in [2.24, 2.45) is 0 Å². The maximum absolute atomic E-state index is 12.7.